The van der Waals surface area contributed by atoms with Gasteiger partial charge < -0.3 is 24.0 Å². The standard InChI is InChI=1S/C33H37N5O4/c1-23-7-6-8-24(2)32(23)42-33(39)38(28-14-13-27(40-4)22-29(28)41-5)31-15-16-34-30(35-31)21-25-9-11-26(12-10-25)37-19-17-36(3)18-20-37/h6-16,22H,17-21H2,1-5H3. The van der Waals surface area contributed by atoms with E-state index in [1.54, 1.807) is 44.7 Å². The van der Waals surface area contributed by atoms with Crippen molar-refractivity contribution in [2.24, 2.45) is 0 Å². The van der Waals surface area contributed by atoms with Gasteiger partial charge in [-0.05, 0) is 67.9 Å². The largest absolute Gasteiger partial charge is 0.497 e. The molecule has 9 nitrogen and oxygen atoms in total. The SMILES string of the molecule is COc1ccc(N(C(=O)Oc2c(C)cccc2C)c2ccnc(Cc3ccc(N4CCN(C)CC4)cc3)n2)c(OC)c1. The molecule has 0 aliphatic carbocycles. The van der Waals surface area contributed by atoms with Gasteiger partial charge in [0, 0.05) is 50.6 Å². The van der Waals surface area contributed by atoms with E-state index in [0.29, 0.717) is 41.0 Å². The summed E-state index contributed by atoms with van der Waals surface area (Å²) in [6.07, 6.45) is 1.55. The fraction of sp³-hybridized carbons (Fsp3) is 0.303. The summed E-state index contributed by atoms with van der Waals surface area (Å²) in [5, 5.41) is 0. The number of hydrogen-bond acceptors (Lipinski definition) is 8. The summed E-state index contributed by atoms with van der Waals surface area (Å²) in [5.41, 5.74) is 4.47. The smallest absolute Gasteiger partial charge is 0.425 e. The highest BCUT2D eigenvalue weighted by Crippen LogP contribution is 2.37. The minimum absolute atomic E-state index is 0.369. The van der Waals surface area contributed by atoms with Gasteiger partial charge >= 0.3 is 6.09 Å². The van der Waals surface area contributed by atoms with E-state index < -0.39 is 6.09 Å². The quantitative estimate of drug-likeness (QED) is 0.265. The van der Waals surface area contributed by atoms with Gasteiger partial charge in [0.1, 0.15) is 28.9 Å². The van der Waals surface area contributed by atoms with E-state index in [0.717, 1.165) is 42.9 Å². The Morgan fingerprint density at radius 1 is 0.905 bits per heavy atom. The van der Waals surface area contributed by atoms with Crippen LogP contribution >= 0.6 is 0 Å². The molecule has 0 bridgehead atoms. The van der Waals surface area contributed by atoms with E-state index in [9.17, 15) is 4.79 Å². The van der Waals surface area contributed by atoms with E-state index in [2.05, 4.69) is 46.1 Å². The first-order chi connectivity index (χ1) is 20.4. The predicted molar refractivity (Wildman–Crippen MR) is 165 cm³/mol. The Balaban J connectivity index is 1.45. The van der Waals surface area contributed by atoms with Crippen LogP contribution in [0.3, 0.4) is 0 Å². The van der Waals surface area contributed by atoms with Crippen molar-refractivity contribution in [3.63, 3.8) is 0 Å². The average Bonchev–Trinajstić information content (AvgIpc) is 3.00. The molecule has 1 saturated heterocycles. The molecule has 9 heteroatoms. The number of nitrogens with zero attached hydrogens (tertiary/aromatic N) is 5. The molecule has 0 atom stereocenters. The Labute approximate surface area is 247 Å². The Morgan fingerprint density at radius 2 is 1.62 bits per heavy atom. The molecule has 1 aromatic heterocycles. The van der Waals surface area contributed by atoms with Crippen molar-refractivity contribution in [2.45, 2.75) is 20.3 Å². The van der Waals surface area contributed by atoms with Gasteiger partial charge in [0.25, 0.3) is 0 Å². The van der Waals surface area contributed by atoms with Gasteiger partial charge in [-0.2, -0.15) is 0 Å². The summed E-state index contributed by atoms with van der Waals surface area (Å²) in [6.45, 7) is 7.97. The van der Waals surface area contributed by atoms with Crippen LogP contribution in [-0.2, 0) is 6.42 Å². The van der Waals surface area contributed by atoms with E-state index >= 15 is 0 Å². The van der Waals surface area contributed by atoms with E-state index in [4.69, 9.17) is 19.2 Å². The number of rotatable bonds is 8. The Bertz CT molecular complexity index is 1510. The highest BCUT2D eigenvalue weighted by molar-refractivity contribution is 5.98. The fourth-order valence-electron chi connectivity index (χ4n) is 5.05. The van der Waals surface area contributed by atoms with Gasteiger partial charge in [0.2, 0.25) is 0 Å². The van der Waals surface area contributed by atoms with Crippen molar-refractivity contribution < 1.29 is 19.0 Å². The molecule has 1 fully saturated rings. The number of carbonyl (C=O) groups excluding carboxylic acids is 1. The summed E-state index contributed by atoms with van der Waals surface area (Å²) in [5.74, 6) is 2.50. The number of methoxy groups -OCH3 is 2. The minimum Gasteiger partial charge on any atom is -0.497 e. The van der Waals surface area contributed by atoms with Crippen LogP contribution in [0.2, 0.25) is 0 Å². The number of benzene rings is 3. The molecular formula is C33H37N5O4. The molecule has 1 aliphatic rings. The van der Waals surface area contributed by atoms with Crippen LogP contribution in [0.5, 0.6) is 17.2 Å². The highest BCUT2D eigenvalue weighted by Gasteiger charge is 2.27. The Hall–Kier alpha value is -4.63. The summed E-state index contributed by atoms with van der Waals surface area (Å²) in [4.78, 5) is 29.3. The normalized spacial score (nSPS) is 13.5. The number of piperazine rings is 1. The third-order valence-corrected chi connectivity index (χ3v) is 7.50. The number of likely N-dealkylation sites (N-methyl/N-ethyl adjacent to an activating group) is 1. The molecule has 3 aromatic carbocycles. The molecule has 42 heavy (non-hydrogen) atoms. The lowest BCUT2D eigenvalue weighted by Crippen LogP contribution is -2.44. The number of anilines is 3. The van der Waals surface area contributed by atoms with Gasteiger partial charge in [-0.25, -0.2) is 19.7 Å². The first-order valence-corrected chi connectivity index (χ1v) is 14.0. The number of carbonyl (C=O) groups is 1. The first-order valence-electron chi connectivity index (χ1n) is 14.0. The van der Waals surface area contributed by atoms with Crippen LogP contribution in [0.4, 0.5) is 22.0 Å². The molecule has 0 radical (unpaired) electrons. The summed E-state index contributed by atoms with van der Waals surface area (Å²) in [6, 6.07) is 21.2. The zero-order valence-corrected chi connectivity index (χ0v) is 24.8. The number of aryl methyl sites for hydroxylation is 2. The second-order valence-electron chi connectivity index (χ2n) is 10.4. The second-order valence-corrected chi connectivity index (χ2v) is 10.4. The maximum Gasteiger partial charge on any atom is 0.425 e. The average molecular weight is 568 g/mol. The molecular weight excluding hydrogens is 530 g/mol. The van der Waals surface area contributed by atoms with E-state index in [1.165, 1.54) is 10.6 Å². The summed E-state index contributed by atoms with van der Waals surface area (Å²) < 4.78 is 17.0. The lowest BCUT2D eigenvalue weighted by Gasteiger charge is -2.34. The van der Waals surface area contributed by atoms with Crippen LogP contribution < -0.4 is 24.0 Å². The van der Waals surface area contributed by atoms with E-state index in [1.807, 2.05) is 32.0 Å². The van der Waals surface area contributed by atoms with Gasteiger partial charge in [-0.1, -0.05) is 30.3 Å². The second kappa shape index (κ2) is 12.9. The summed E-state index contributed by atoms with van der Waals surface area (Å²) >= 11 is 0. The van der Waals surface area contributed by atoms with Gasteiger partial charge in [0.05, 0.1) is 19.9 Å². The number of aromatic nitrogens is 2. The van der Waals surface area contributed by atoms with Crippen molar-refractivity contribution in [3.8, 4) is 17.2 Å². The molecule has 218 valence electrons. The highest BCUT2D eigenvalue weighted by atomic mass is 16.6. The zero-order valence-electron chi connectivity index (χ0n) is 24.8. The number of para-hydroxylation sites is 1. The van der Waals surface area contributed by atoms with Crippen LogP contribution in [0.25, 0.3) is 0 Å². The van der Waals surface area contributed by atoms with Crippen molar-refractivity contribution in [1.29, 1.82) is 0 Å². The van der Waals surface area contributed by atoms with E-state index in [-0.39, 0.29) is 0 Å². The van der Waals surface area contributed by atoms with Crippen molar-refractivity contribution in [2.75, 3.05) is 57.2 Å². The van der Waals surface area contributed by atoms with Crippen molar-refractivity contribution in [3.05, 3.63) is 95.4 Å². The van der Waals surface area contributed by atoms with Gasteiger partial charge in [0.15, 0.2) is 0 Å². The van der Waals surface area contributed by atoms with Crippen LogP contribution in [0.1, 0.15) is 22.5 Å². The lowest BCUT2D eigenvalue weighted by atomic mass is 10.1. The maximum absolute atomic E-state index is 13.9. The molecule has 0 N–H and O–H groups in total. The van der Waals surface area contributed by atoms with Crippen molar-refractivity contribution in [1.82, 2.24) is 14.9 Å². The third kappa shape index (κ3) is 6.47. The monoisotopic (exact) mass is 567 g/mol. The van der Waals surface area contributed by atoms with Gasteiger partial charge in [-0.3, -0.25) is 0 Å². The molecule has 0 saturated carbocycles. The van der Waals surface area contributed by atoms with Crippen LogP contribution in [0, 0.1) is 13.8 Å². The van der Waals surface area contributed by atoms with Crippen LogP contribution in [0.15, 0.2) is 72.9 Å². The zero-order chi connectivity index (χ0) is 29.6. The Kier molecular flexibility index (Phi) is 8.88. The molecule has 1 aliphatic heterocycles. The maximum atomic E-state index is 13.9. The molecule has 2 heterocycles. The van der Waals surface area contributed by atoms with Gasteiger partial charge in [-0.15, -0.1) is 0 Å². The molecule has 0 spiro atoms. The number of ether oxygens (including phenoxy) is 3. The number of amides is 1. The fourth-order valence-corrected chi connectivity index (χ4v) is 5.05. The molecule has 0 unspecified atom stereocenters. The Morgan fingerprint density at radius 3 is 2.29 bits per heavy atom. The molecule has 1 amide bonds. The molecule has 5 rings (SSSR count). The van der Waals surface area contributed by atoms with Crippen molar-refractivity contribution >= 4 is 23.3 Å². The molecule has 4 aromatic rings. The number of hydrogen-bond donors (Lipinski definition) is 0. The third-order valence-electron chi connectivity index (χ3n) is 7.50. The van der Waals surface area contributed by atoms with Crippen LogP contribution in [-0.4, -0.2) is 68.4 Å². The minimum atomic E-state index is -0.614. The topological polar surface area (TPSA) is 80.3 Å². The first kappa shape index (κ1) is 28.9. The lowest BCUT2D eigenvalue weighted by molar-refractivity contribution is 0.209. The summed E-state index contributed by atoms with van der Waals surface area (Å²) in [7, 11) is 5.28. The predicted octanol–water partition coefficient (Wildman–Crippen LogP) is 5.79.